The van der Waals surface area contributed by atoms with Crippen molar-refractivity contribution < 1.29 is 23.0 Å². The molecule has 0 atom stereocenters. The zero-order valence-electron chi connectivity index (χ0n) is 28.1. The third kappa shape index (κ3) is 7.44. The van der Waals surface area contributed by atoms with Crippen LogP contribution in [-0.4, -0.2) is 58.1 Å². The molecule has 1 saturated heterocycles. The van der Waals surface area contributed by atoms with Gasteiger partial charge in [-0.25, -0.2) is 23.7 Å². The lowest BCUT2D eigenvalue weighted by atomic mass is 9.93. The van der Waals surface area contributed by atoms with Crippen LogP contribution in [0.2, 0.25) is 5.02 Å². The molecule has 3 aromatic heterocycles. The topological polar surface area (TPSA) is 102 Å². The number of hydrogen-bond donors (Lipinski definition) is 1. The number of methoxy groups -OCH3 is 2. The molecule has 0 saturated carbocycles. The number of aromatic nitrogens is 4. The molecule has 258 valence electrons. The Kier molecular flexibility index (Phi) is 10.6. The molecule has 12 heteroatoms. The average Bonchev–Trinajstić information content (AvgIpc) is 3.13. The van der Waals surface area contributed by atoms with Gasteiger partial charge in [0.2, 0.25) is 5.88 Å². The predicted molar refractivity (Wildman–Crippen MR) is 192 cm³/mol. The van der Waals surface area contributed by atoms with E-state index in [4.69, 9.17) is 26.1 Å². The van der Waals surface area contributed by atoms with E-state index in [9.17, 15) is 13.6 Å². The number of benzene rings is 2. The number of ether oxygens (including phenoxy) is 2. The summed E-state index contributed by atoms with van der Waals surface area (Å²) in [7, 11) is 3.04. The van der Waals surface area contributed by atoms with Crippen molar-refractivity contribution >= 4 is 46.2 Å². The van der Waals surface area contributed by atoms with E-state index in [1.807, 2.05) is 55.5 Å². The van der Waals surface area contributed by atoms with Gasteiger partial charge >= 0.3 is 5.97 Å². The standard InChI is InChI=1S/C38H37ClF2N6O3/c1-5-23-18-31-34(42-20-23)36(46-37(44-31)35(40)41)43-29-11-7-8-26(22(29)2)27-9-6-10-28(33(27)39)30-13-12-25(38(45-30)50-4)21-47-16-14-24(15-17-47)19-32(48)49-3/h5-13,18,20,24,35H,1,14-17,19,21H2,2-4H3,(H,43,44,46). The van der Waals surface area contributed by atoms with E-state index in [0.29, 0.717) is 52.2 Å². The van der Waals surface area contributed by atoms with Gasteiger partial charge in [-0.05, 0) is 73.7 Å². The number of rotatable bonds is 11. The summed E-state index contributed by atoms with van der Waals surface area (Å²) in [5.41, 5.74) is 6.77. The van der Waals surface area contributed by atoms with Gasteiger partial charge in [0.05, 0.1) is 30.5 Å². The van der Waals surface area contributed by atoms with Gasteiger partial charge in [-0.15, -0.1) is 0 Å². The van der Waals surface area contributed by atoms with Crippen LogP contribution in [0, 0.1) is 12.8 Å². The average molecular weight is 699 g/mol. The van der Waals surface area contributed by atoms with Crippen LogP contribution in [0.3, 0.4) is 0 Å². The summed E-state index contributed by atoms with van der Waals surface area (Å²) < 4.78 is 38.1. The minimum absolute atomic E-state index is 0.158. The normalized spacial score (nSPS) is 13.8. The van der Waals surface area contributed by atoms with Gasteiger partial charge in [0.1, 0.15) is 5.52 Å². The van der Waals surface area contributed by atoms with Crippen molar-refractivity contribution in [2.75, 3.05) is 32.6 Å². The Morgan fingerprint density at radius 3 is 2.52 bits per heavy atom. The van der Waals surface area contributed by atoms with Crippen molar-refractivity contribution in [2.24, 2.45) is 5.92 Å². The lowest BCUT2D eigenvalue weighted by Crippen LogP contribution is -2.34. The van der Waals surface area contributed by atoms with Crippen LogP contribution in [0.4, 0.5) is 20.3 Å². The first kappa shape index (κ1) is 34.8. The molecule has 1 aliphatic rings. The summed E-state index contributed by atoms with van der Waals surface area (Å²) in [5.74, 6) is 0.278. The second kappa shape index (κ2) is 15.3. The highest BCUT2D eigenvalue weighted by molar-refractivity contribution is 6.36. The first-order valence-corrected chi connectivity index (χ1v) is 16.6. The third-order valence-corrected chi connectivity index (χ3v) is 9.48. The van der Waals surface area contributed by atoms with E-state index < -0.39 is 12.2 Å². The molecule has 5 aromatic rings. The molecule has 1 fully saturated rings. The van der Waals surface area contributed by atoms with Crippen LogP contribution < -0.4 is 10.1 Å². The molecule has 0 spiro atoms. The highest BCUT2D eigenvalue weighted by Crippen LogP contribution is 2.40. The van der Waals surface area contributed by atoms with E-state index in [-0.39, 0.29) is 17.3 Å². The zero-order valence-corrected chi connectivity index (χ0v) is 28.8. The van der Waals surface area contributed by atoms with Crippen LogP contribution >= 0.6 is 11.6 Å². The predicted octanol–water partition coefficient (Wildman–Crippen LogP) is 8.82. The number of esters is 1. The van der Waals surface area contributed by atoms with Crippen molar-refractivity contribution in [3.63, 3.8) is 0 Å². The van der Waals surface area contributed by atoms with E-state index in [1.54, 1.807) is 25.4 Å². The number of pyridine rings is 2. The molecule has 9 nitrogen and oxygen atoms in total. The number of alkyl halides is 2. The number of anilines is 2. The van der Waals surface area contributed by atoms with Gasteiger partial charge in [-0.3, -0.25) is 14.7 Å². The molecule has 1 aliphatic heterocycles. The Morgan fingerprint density at radius 2 is 1.80 bits per heavy atom. The number of nitrogens with zero attached hydrogens (tertiary/aromatic N) is 5. The number of fused-ring (bicyclic) bond motifs is 1. The van der Waals surface area contributed by atoms with Gasteiger partial charge in [-0.1, -0.05) is 60.7 Å². The molecule has 0 unspecified atom stereocenters. The molecule has 0 aliphatic carbocycles. The minimum atomic E-state index is -2.86. The Balaban J connectivity index is 1.26. The van der Waals surface area contributed by atoms with Crippen molar-refractivity contribution in [3.05, 3.63) is 94.9 Å². The smallest absolute Gasteiger partial charge is 0.305 e. The fraction of sp³-hybridized carbons (Fsp3) is 0.289. The van der Waals surface area contributed by atoms with Crippen LogP contribution in [0.5, 0.6) is 5.88 Å². The second-order valence-electron chi connectivity index (χ2n) is 12.2. The van der Waals surface area contributed by atoms with Crippen LogP contribution in [0.25, 0.3) is 39.5 Å². The molecule has 1 N–H and O–H groups in total. The van der Waals surface area contributed by atoms with Crippen LogP contribution in [0.15, 0.2) is 67.4 Å². The number of halogens is 3. The first-order chi connectivity index (χ1) is 24.2. The number of nitrogens with one attached hydrogen (secondary N) is 1. The molecular weight excluding hydrogens is 662 g/mol. The molecule has 0 bridgehead atoms. The van der Waals surface area contributed by atoms with Crippen LogP contribution in [-0.2, 0) is 16.1 Å². The Morgan fingerprint density at radius 1 is 1.06 bits per heavy atom. The lowest BCUT2D eigenvalue weighted by molar-refractivity contribution is -0.142. The number of carbonyl (C=O) groups is 1. The fourth-order valence-electron chi connectivity index (χ4n) is 6.30. The molecule has 2 aromatic carbocycles. The zero-order chi connectivity index (χ0) is 35.4. The van der Waals surface area contributed by atoms with Gasteiger partial charge in [-0.2, -0.15) is 0 Å². The molecule has 0 amide bonds. The van der Waals surface area contributed by atoms with Crippen molar-refractivity contribution in [1.29, 1.82) is 0 Å². The van der Waals surface area contributed by atoms with Crippen molar-refractivity contribution in [3.8, 4) is 28.3 Å². The largest absolute Gasteiger partial charge is 0.481 e. The second-order valence-corrected chi connectivity index (χ2v) is 12.6. The highest BCUT2D eigenvalue weighted by atomic mass is 35.5. The molecule has 50 heavy (non-hydrogen) atoms. The SMILES string of the molecule is C=Cc1cnc2c(Nc3cccc(-c4cccc(-c5ccc(CN6CCC(CC(=O)OC)CC6)c(OC)n5)c4Cl)c3C)nc(C(F)F)nc2c1. The molecule has 6 rings (SSSR count). The maximum Gasteiger partial charge on any atom is 0.305 e. The Bertz CT molecular complexity index is 2050. The van der Waals surface area contributed by atoms with Gasteiger partial charge < -0.3 is 14.8 Å². The van der Waals surface area contributed by atoms with Gasteiger partial charge in [0.15, 0.2) is 11.6 Å². The number of hydrogen-bond acceptors (Lipinski definition) is 9. The summed E-state index contributed by atoms with van der Waals surface area (Å²) in [6.45, 7) is 8.09. The number of piperidine rings is 1. The van der Waals surface area contributed by atoms with Gasteiger partial charge in [0, 0.05) is 41.5 Å². The molecular formula is C38H37ClF2N6O3. The number of carbonyl (C=O) groups excluding carboxylic acids is 1. The summed E-state index contributed by atoms with van der Waals surface area (Å²) in [6, 6.07) is 17.0. The van der Waals surface area contributed by atoms with Gasteiger partial charge in [0.25, 0.3) is 6.43 Å². The number of likely N-dealkylation sites (tertiary alicyclic amines) is 1. The Labute approximate surface area is 294 Å². The summed E-state index contributed by atoms with van der Waals surface area (Å²) >= 11 is 7.11. The summed E-state index contributed by atoms with van der Waals surface area (Å²) in [6.07, 6.45) is 2.63. The van der Waals surface area contributed by atoms with Crippen LogP contribution in [0.1, 0.15) is 48.2 Å². The summed E-state index contributed by atoms with van der Waals surface area (Å²) in [5, 5.41) is 3.73. The van der Waals surface area contributed by atoms with E-state index in [2.05, 4.69) is 31.7 Å². The fourth-order valence-corrected chi connectivity index (χ4v) is 6.63. The maximum absolute atomic E-state index is 13.8. The van der Waals surface area contributed by atoms with Crippen molar-refractivity contribution in [1.82, 2.24) is 24.8 Å². The monoisotopic (exact) mass is 698 g/mol. The third-order valence-electron chi connectivity index (χ3n) is 9.07. The van der Waals surface area contributed by atoms with E-state index in [0.717, 1.165) is 53.7 Å². The van der Waals surface area contributed by atoms with Crippen molar-refractivity contribution in [2.45, 2.75) is 39.2 Å². The highest BCUT2D eigenvalue weighted by Gasteiger charge is 2.24. The lowest BCUT2D eigenvalue weighted by Gasteiger charge is -2.31. The quantitative estimate of drug-likeness (QED) is 0.136. The summed E-state index contributed by atoms with van der Waals surface area (Å²) in [4.78, 5) is 31.5. The molecule has 4 heterocycles. The molecule has 0 radical (unpaired) electrons. The minimum Gasteiger partial charge on any atom is -0.481 e. The van der Waals surface area contributed by atoms with E-state index in [1.165, 1.54) is 7.11 Å². The van der Waals surface area contributed by atoms with E-state index >= 15 is 0 Å². The first-order valence-electron chi connectivity index (χ1n) is 16.3. The maximum atomic E-state index is 13.8. The Hall–Kier alpha value is -5.00.